The van der Waals surface area contributed by atoms with E-state index in [1.165, 1.54) is 16.7 Å². The third-order valence-corrected chi connectivity index (χ3v) is 7.34. The van der Waals surface area contributed by atoms with Crippen LogP contribution in [0.1, 0.15) is 43.9 Å². The van der Waals surface area contributed by atoms with E-state index in [0.717, 1.165) is 0 Å². The van der Waals surface area contributed by atoms with Crippen molar-refractivity contribution >= 4 is 35.5 Å². The molecule has 0 bridgehead atoms. The minimum absolute atomic E-state index is 0.336. The number of fused-ring (bicyclic) bond motifs is 1. The second kappa shape index (κ2) is 9.11. The van der Waals surface area contributed by atoms with Crippen LogP contribution in [0.5, 0.6) is 0 Å². The van der Waals surface area contributed by atoms with E-state index in [2.05, 4.69) is 10.6 Å². The van der Waals surface area contributed by atoms with E-state index in [0.29, 0.717) is 5.56 Å². The molecule has 3 amide bonds. The van der Waals surface area contributed by atoms with E-state index >= 15 is 0 Å². The first-order chi connectivity index (χ1) is 18.2. The third-order valence-electron chi connectivity index (χ3n) is 5.77. The number of nitrogens with one attached hydrogen (secondary N) is 2. The molecule has 2 saturated heterocycles. The number of amides is 3. The van der Waals surface area contributed by atoms with Crippen molar-refractivity contribution in [1.29, 1.82) is 0 Å². The lowest BCUT2D eigenvalue weighted by molar-refractivity contribution is -0.161. The Morgan fingerprint density at radius 1 is 1.12 bits per heavy atom. The minimum atomic E-state index is -1.71. The Morgan fingerprint density at radius 3 is 2.38 bits per heavy atom. The Bertz CT molecular complexity index is 1350. The molecule has 0 aliphatic carbocycles. The van der Waals surface area contributed by atoms with E-state index in [1.807, 2.05) is 0 Å². The Labute approximate surface area is 208 Å². The van der Waals surface area contributed by atoms with Gasteiger partial charge in [-0.05, 0) is 25.0 Å². The lowest BCUT2D eigenvalue weighted by atomic mass is 9.95. The monoisotopic (exact) mass is 487 g/mol. The molecule has 0 aromatic heterocycles. The van der Waals surface area contributed by atoms with Gasteiger partial charge in [0.1, 0.15) is 29.5 Å². The molecular formula is C24H26N4O5S. The van der Waals surface area contributed by atoms with Crippen LogP contribution in [0.25, 0.3) is 0 Å². The van der Waals surface area contributed by atoms with Crippen LogP contribution >= 0.6 is 11.8 Å². The van der Waals surface area contributed by atoms with Gasteiger partial charge in [-0.1, -0.05) is 60.5 Å². The van der Waals surface area contributed by atoms with Crippen LogP contribution in [0.3, 0.4) is 0 Å². The minimum Gasteiger partial charge on any atom is -0.480 e. The topological polar surface area (TPSA) is 142 Å². The van der Waals surface area contributed by atoms with E-state index in [4.69, 9.17) is 12.6 Å². The normalized spacial score (nSPS) is 26.4. The van der Waals surface area contributed by atoms with Crippen LogP contribution in [0, 0.1) is 0 Å². The van der Waals surface area contributed by atoms with Crippen molar-refractivity contribution in [2.75, 3.05) is 0 Å². The number of hydrogen-bond acceptors (Lipinski definition) is 6. The van der Waals surface area contributed by atoms with Crippen molar-refractivity contribution in [3.8, 4) is 0 Å². The summed E-state index contributed by atoms with van der Waals surface area (Å²) < 4.78 is 38.8. The van der Waals surface area contributed by atoms with Crippen molar-refractivity contribution < 1.29 is 31.1 Å². The number of carbonyl (C=O) groups excluding carboxylic acids is 3. The van der Waals surface area contributed by atoms with Crippen molar-refractivity contribution in [1.82, 2.24) is 15.5 Å². The Morgan fingerprint density at radius 2 is 1.76 bits per heavy atom. The number of carboxylic acid groups (broad SMARTS) is 1. The zero-order valence-corrected chi connectivity index (χ0v) is 19.1. The smallest absolute Gasteiger partial charge is 0.327 e. The molecule has 2 aromatic rings. The molecule has 2 aliphatic heterocycles. The lowest BCUT2D eigenvalue weighted by Gasteiger charge is -2.44. The van der Waals surface area contributed by atoms with Crippen LogP contribution in [0.2, 0.25) is 0 Å². The van der Waals surface area contributed by atoms with Gasteiger partial charge in [-0.3, -0.25) is 14.4 Å². The zero-order chi connectivity index (χ0) is 29.0. The van der Waals surface area contributed by atoms with Gasteiger partial charge in [0.05, 0.1) is 6.85 Å². The molecule has 0 spiro atoms. The molecule has 0 unspecified atom stereocenters. The van der Waals surface area contributed by atoms with E-state index in [9.17, 15) is 24.3 Å². The molecule has 2 aliphatic rings. The Balaban J connectivity index is 1.58. The quantitative estimate of drug-likeness (QED) is 0.430. The number of nitrogens with zero attached hydrogens (tertiary/aromatic N) is 1. The highest BCUT2D eigenvalue weighted by atomic mass is 32.2. The second-order valence-electron chi connectivity index (χ2n) is 8.45. The number of aliphatic carboxylic acids is 1. The van der Waals surface area contributed by atoms with Gasteiger partial charge in [-0.15, -0.1) is 11.8 Å². The SMILES string of the molecule is [2H]c1c([2H])c([2H])c([C@@H](N)C(=O)N[C@@H](C(=O)N[C@@H]2C(=O)N3[C@@H]2SC(C)(C)[C@@H]3C(=O)O)c2ccccc2)c([2H])c1[2H]. The third kappa shape index (κ3) is 4.26. The van der Waals surface area contributed by atoms with Gasteiger partial charge in [0.2, 0.25) is 17.7 Å². The van der Waals surface area contributed by atoms with E-state index in [1.54, 1.807) is 44.2 Å². The highest BCUT2D eigenvalue weighted by molar-refractivity contribution is 8.01. The number of rotatable bonds is 7. The summed E-state index contributed by atoms with van der Waals surface area (Å²) in [6.45, 7) is 3.41. The highest BCUT2D eigenvalue weighted by Gasteiger charge is 2.64. The maximum atomic E-state index is 13.4. The maximum absolute atomic E-state index is 13.4. The Kier molecular flexibility index (Phi) is 4.83. The summed E-state index contributed by atoms with van der Waals surface area (Å²) in [5.41, 5.74) is 5.93. The first kappa shape index (κ1) is 18.0. The molecule has 5 atom stereocenters. The number of hydrogen-bond donors (Lipinski definition) is 4. The van der Waals surface area contributed by atoms with Crippen molar-refractivity contribution in [2.45, 2.75) is 48.1 Å². The number of benzene rings is 2. The number of carboxylic acids is 1. The van der Waals surface area contributed by atoms with Gasteiger partial charge in [0.25, 0.3) is 0 Å². The molecule has 2 fully saturated rings. The second-order valence-corrected chi connectivity index (χ2v) is 10.2. The predicted octanol–water partition coefficient (Wildman–Crippen LogP) is 1.18. The van der Waals surface area contributed by atoms with Crippen LogP contribution in [0.15, 0.2) is 60.5 Å². The van der Waals surface area contributed by atoms with Gasteiger partial charge in [0, 0.05) is 4.75 Å². The standard InChI is InChI=1S/C24H26N4O5S/c1-24(2)18(23(32)33)28-21(31)17(22(28)34-24)27-20(30)16(14-11-7-4-8-12-14)26-19(29)15(25)13-9-5-3-6-10-13/h3-12,15-18,22H,25H2,1-2H3,(H,26,29)(H,27,30)(H,32,33)/t15-,16-,17-,18+,22-/m1/s1/i3D,5D,6D,9D,10D. The summed E-state index contributed by atoms with van der Waals surface area (Å²) in [6.07, 6.45) is 0. The van der Waals surface area contributed by atoms with E-state index in [-0.39, 0.29) is 0 Å². The molecule has 2 aromatic carbocycles. The van der Waals surface area contributed by atoms with Gasteiger partial charge < -0.3 is 26.4 Å². The van der Waals surface area contributed by atoms with E-state index < -0.39 is 93.8 Å². The molecule has 4 rings (SSSR count). The highest BCUT2D eigenvalue weighted by Crippen LogP contribution is 2.50. The van der Waals surface area contributed by atoms with Crippen molar-refractivity contribution in [3.63, 3.8) is 0 Å². The van der Waals surface area contributed by atoms with Crippen molar-refractivity contribution in [3.05, 3.63) is 71.7 Å². The molecule has 34 heavy (non-hydrogen) atoms. The first-order valence-electron chi connectivity index (χ1n) is 12.9. The summed E-state index contributed by atoms with van der Waals surface area (Å²) >= 11 is 1.25. The molecular weight excluding hydrogens is 456 g/mol. The fraction of sp³-hybridized carbons (Fsp3) is 0.333. The predicted molar refractivity (Wildman–Crippen MR) is 126 cm³/mol. The molecule has 10 heteroatoms. The Hall–Kier alpha value is -3.37. The molecule has 0 radical (unpaired) electrons. The average Bonchev–Trinajstić information content (AvgIpc) is 3.15. The molecule has 0 saturated carbocycles. The zero-order valence-electron chi connectivity index (χ0n) is 23.3. The van der Waals surface area contributed by atoms with Gasteiger partial charge in [-0.25, -0.2) is 4.79 Å². The van der Waals surface area contributed by atoms with Gasteiger partial charge >= 0.3 is 5.97 Å². The summed E-state index contributed by atoms with van der Waals surface area (Å²) in [7, 11) is 0. The van der Waals surface area contributed by atoms with Crippen LogP contribution in [0.4, 0.5) is 0 Å². The largest absolute Gasteiger partial charge is 0.480 e. The molecule has 2 heterocycles. The van der Waals surface area contributed by atoms with Crippen LogP contribution in [-0.2, 0) is 19.2 Å². The number of β-lactam (4-membered cyclic amide) rings is 1. The summed E-state index contributed by atoms with van der Waals surface area (Å²) in [6, 6.07) is -0.323. The average molecular weight is 488 g/mol. The number of carbonyl (C=O) groups is 4. The molecule has 9 nitrogen and oxygen atoms in total. The molecule has 178 valence electrons. The maximum Gasteiger partial charge on any atom is 0.327 e. The van der Waals surface area contributed by atoms with Gasteiger partial charge in [0.15, 0.2) is 0 Å². The fourth-order valence-corrected chi connectivity index (χ4v) is 5.73. The first-order valence-corrected chi connectivity index (χ1v) is 11.3. The van der Waals surface area contributed by atoms with Crippen LogP contribution < -0.4 is 16.4 Å². The molecule has 5 N–H and O–H groups in total. The summed E-state index contributed by atoms with van der Waals surface area (Å²) in [5, 5.41) is 14.1. The summed E-state index contributed by atoms with van der Waals surface area (Å²) in [4.78, 5) is 52.4. The number of thioether (sulfide) groups is 1. The van der Waals surface area contributed by atoms with Crippen molar-refractivity contribution in [2.24, 2.45) is 5.73 Å². The summed E-state index contributed by atoms with van der Waals surface area (Å²) in [5.74, 6) is -3.46. The van der Waals surface area contributed by atoms with Crippen LogP contribution in [-0.4, -0.2) is 55.9 Å². The number of nitrogens with two attached hydrogens (primary N) is 1. The lowest BCUT2D eigenvalue weighted by Crippen LogP contribution is -2.71. The van der Waals surface area contributed by atoms with Gasteiger partial charge in [-0.2, -0.15) is 0 Å². The fourth-order valence-electron chi connectivity index (χ4n) is 4.11.